The predicted molar refractivity (Wildman–Crippen MR) is 71.4 cm³/mol. The van der Waals surface area contributed by atoms with Crippen LogP contribution in [0.1, 0.15) is 12.0 Å². The maximum Gasteiger partial charge on any atom is 0.312 e. The van der Waals surface area contributed by atoms with Gasteiger partial charge in [-0.3, -0.25) is 14.4 Å². The average molecular weight is 325 g/mol. The minimum atomic E-state index is -1.50. The number of carbonyl (C=O) groups is 3. The molecule has 2 fully saturated rings. The van der Waals surface area contributed by atoms with Crippen LogP contribution in [0.5, 0.6) is 0 Å². The van der Waals surface area contributed by atoms with E-state index >= 15 is 0 Å². The number of benzene rings is 1. The van der Waals surface area contributed by atoms with Gasteiger partial charge < -0.3 is 15.1 Å². The lowest BCUT2D eigenvalue weighted by atomic mass is 9.97. The number of likely N-dealkylation sites (tertiary alicyclic amines) is 1. The van der Waals surface area contributed by atoms with Crippen LogP contribution in [0.15, 0.2) is 18.2 Å². The first-order valence-corrected chi connectivity index (χ1v) is 6.91. The summed E-state index contributed by atoms with van der Waals surface area (Å²) in [6.07, 6.45) is -0.619. The molecule has 3 rings (SSSR count). The van der Waals surface area contributed by atoms with Gasteiger partial charge in [-0.05, 0) is 18.6 Å². The fourth-order valence-corrected chi connectivity index (χ4v) is 3.43. The van der Waals surface area contributed by atoms with Crippen molar-refractivity contribution >= 4 is 17.8 Å². The van der Waals surface area contributed by atoms with Crippen LogP contribution in [0.2, 0.25) is 0 Å². The first kappa shape index (κ1) is 15.4. The van der Waals surface area contributed by atoms with Crippen molar-refractivity contribution in [2.75, 3.05) is 13.1 Å². The predicted octanol–water partition coefficient (Wildman–Crippen LogP) is 0.895. The zero-order valence-electron chi connectivity index (χ0n) is 11.9. The van der Waals surface area contributed by atoms with Crippen LogP contribution in [0.4, 0.5) is 8.78 Å². The van der Waals surface area contributed by atoms with E-state index in [1.807, 2.05) is 0 Å². The van der Waals surface area contributed by atoms with Crippen molar-refractivity contribution in [1.82, 2.24) is 4.90 Å². The summed E-state index contributed by atoms with van der Waals surface area (Å²) in [5.41, 5.74) is -3.41. The summed E-state index contributed by atoms with van der Waals surface area (Å²) in [6.45, 7) is -0.521. The summed E-state index contributed by atoms with van der Waals surface area (Å²) in [7, 11) is 0. The van der Waals surface area contributed by atoms with Crippen LogP contribution in [0, 0.1) is 22.5 Å². The fourth-order valence-electron chi connectivity index (χ4n) is 3.43. The van der Waals surface area contributed by atoms with Gasteiger partial charge in [-0.15, -0.1) is 0 Å². The topological polar surface area (TPSA) is 94.9 Å². The van der Waals surface area contributed by atoms with Crippen molar-refractivity contribution in [3.05, 3.63) is 35.4 Å². The number of rotatable bonds is 4. The van der Waals surface area contributed by atoms with Gasteiger partial charge in [-0.25, -0.2) is 8.78 Å². The second-order valence-corrected chi connectivity index (χ2v) is 6.08. The summed E-state index contributed by atoms with van der Waals surface area (Å²) < 4.78 is 27.2. The smallest absolute Gasteiger partial charge is 0.312 e. The van der Waals surface area contributed by atoms with E-state index in [0.29, 0.717) is 0 Å². The lowest BCUT2D eigenvalue weighted by molar-refractivity contribution is -0.151. The van der Waals surface area contributed by atoms with E-state index < -0.39 is 52.3 Å². The molecule has 8 heteroatoms. The van der Waals surface area contributed by atoms with Gasteiger partial charge in [-0.1, -0.05) is 6.07 Å². The minimum Gasteiger partial charge on any atom is -0.481 e. The second kappa shape index (κ2) is 4.74. The Morgan fingerprint density at radius 3 is 1.96 bits per heavy atom. The van der Waals surface area contributed by atoms with E-state index in [2.05, 4.69) is 0 Å². The molecule has 1 aromatic carbocycles. The molecule has 1 aromatic rings. The third kappa shape index (κ3) is 2.01. The first-order chi connectivity index (χ1) is 10.7. The maximum atomic E-state index is 13.6. The lowest BCUT2D eigenvalue weighted by Gasteiger charge is -2.20. The first-order valence-electron chi connectivity index (χ1n) is 6.91. The standard InChI is InChI=1S/C15H13F2NO5/c16-9-2-1-3-10(17)8(9)4-11(19)18-6-14(12(20)21)5-15(14,7-18)13(22)23/h1-3H,4-7H2,(H,20,21)(H,22,23)/t14-,15+. The highest BCUT2D eigenvalue weighted by Gasteiger charge is 2.81. The van der Waals surface area contributed by atoms with E-state index in [1.54, 1.807) is 0 Å². The molecule has 1 saturated heterocycles. The molecule has 23 heavy (non-hydrogen) atoms. The molecule has 0 unspecified atom stereocenters. The number of fused-ring (bicyclic) bond motifs is 1. The Morgan fingerprint density at radius 2 is 1.52 bits per heavy atom. The number of carboxylic acids is 2. The highest BCUT2D eigenvalue weighted by molar-refractivity contribution is 5.96. The lowest BCUT2D eigenvalue weighted by Crippen LogP contribution is -2.35. The summed E-state index contributed by atoms with van der Waals surface area (Å²) >= 11 is 0. The van der Waals surface area contributed by atoms with Crippen molar-refractivity contribution in [1.29, 1.82) is 0 Å². The van der Waals surface area contributed by atoms with Gasteiger partial charge in [-0.2, -0.15) is 0 Å². The van der Waals surface area contributed by atoms with Gasteiger partial charge in [0.25, 0.3) is 0 Å². The second-order valence-electron chi connectivity index (χ2n) is 6.08. The molecule has 1 saturated carbocycles. The van der Waals surface area contributed by atoms with E-state index in [-0.39, 0.29) is 19.5 Å². The molecule has 1 amide bonds. The zero-order valence-corrected chi connectivity index (χ0v) is 11.9. The van der Waals surface area contributed by atoms with Crippen LogP contribution in [0.3, 0.4) is 0 Å². The van der Waals surface area contributed by atoms with E-state index in [9.17, 15) is 33.4 Å². The number of carbonyl (C=O) groups excluding carboxylic acids is 1. The Balaban J connectivity index is 1.81. The van der Waals surface area contributed by atoms with Crippen LogP contribution in [-0.2, 0) is 20.8 Å². The normalized spacial score (nSPS) is 28.3. The number of nitrogens with zero attached hydrogens (tertiary/aromatic N) is 1. The highest BCUT2D eigenvalue weighted by atomic mass is 19.1. The molecule has 122 valence electrons. The van der Waals surface area contributed by atoms with Crippen LogP contribution in [-0.4, -0.2) is 46.0 Å². The number of hydrogen-bond acceptors (Lipinski definition) is 3. The van der Waals surface area contributed by atoms with Gasteiger partial charge in [0, 0.05) is 18.7 Å². The molecule has 2 aliphatic rings. The minimum absolute atomic E-state index is 0.0392. The summed E-state index contributed by atoms with van der Waals surface area (Å²) in [5.74, 6) is -4.98. The third-order valence-electron chi connectivity index (χ3n) is 4.88. The third-order valence-corrected chi connectivity index (χ3v) is 4.88. The van der Waals surface area contributed by atoms with E-state index in [1.165, 1.54) is 6.07 Å². The quantitative estimate of drug-likeness (QED) is 0.857. The number of halogens is 2. The number of amides is 1. The Bertz CT molecular complexity index is 688. The Labute approximate surface area is 129 Å². The molecular formula is C15H13F2NO5. The number of hydrogen-bond donors (Lipinski definition) is 2. The molecule has 0 spiro atoms. The van der Waals surface area contributed by atoms with E-state index in [4.69, 9.17) is 0 Å². The number of aliphatic carboxylic acids is 2. The molecular weight excluding hydrogens is 312 g/mol. The fraction of sp³-hybridized carbons (Fsp3) is 0.400. The van der Waals surface area contributed by atoms with Gasteiger partial charge in [0.2, 0.25) is 5.91 Å². The largest absolute Gasteiger partial charge is 0.481 e. The maximum absolute atomic E-state index is 13.6. The van der Waals surface area contributed by atoms with Crippen molar-refractivity contribution in [3.63, 3.8) is 0 Å². The molecule has 0 radical (unpaired) electrons. The molecule has 1 heterocycles. The zero-order chi connectivity index (χ0) is 17.0. The van der Waals surface area contributed by atoms with Crippen molar-refractivity contribution in [3.8, 4) is 0 Å². The number of carboxylic acid groups (broad SMARTS) is 2. The van der Waals surface area contributed by atoms with Crippen molar-refractivity contribution in [2.24, 2.45) is 10.8 Å². The molecule has 1 aliphatic heterocycles. The summed E-state index contributed by atoms with van der Waals surface area (Å²) in [4.78, 5) is 36.1. The monoisotopic (exact) mass is 325 g/mol. The molecule has 2 N–H and O–H groups in total. The van der Waals surface area contributed by atoms with Crippen LogP contribution < -0.4 is 0 Å². The van der Waals surface area contributed by atoms with Crippen LogP contribution >= 0.6 is 0 Å². The Morgan fingerprint density at radius 1 is 1.04 bits per heavy atom. The molecule has 0 bridgehead atoms. The van der Waals surface area contributed by atoms with Crippen LogP contribution in [0.25, 0.3) is 0 Å². The average Bonchev–Trinajstić information content (AvgIpc) is 3.02. The van der Waals surface area contributed by atoms with Gasteiger partial charge >= 0.3 is 11.9 Å². The molecule has 1 aliphatic carbocycles. The molecule has 2 atom stereocenters. The van der Waals surface area contributed by atoms with Crippen molar-refractivity contribution < 1.29 is 33.4 Å². The highest BCUT2D eigenvalue weighted by Crippen LogP contribution is 2.68. The SMILES string of the molecule is O=C(Cc1c(F)cccc1F)N1C[C@@]2(C(=O)O)C[C@@]2(C(=O)O)C1. The molecule has 6 nitrogen and oxygen atoms in total. The Kier molecular flexibility index (Phi) is 3.17. The molecule has 0 aromatic heterocycles. The van der Waals surface area contributed by atoms with Gasteiger partial charge in [0.05, 0.1) is 6.42 Å². The number of piperidine rings is 1. The van der Waals surface area contributed by atoms with Gasteiger partial charge in [0.1, 0.15) is 22.5 Å². The van der Waals surface area contributed by atoms with E-state index in [0.717, 1.165) is 17.0 Å². The van der Waals surface area contributed by atoms with Gasteiger partial charge in [0.15, 0.2) is 0 Å². The summed E-state index contributed by atoms with van der Waals surface area (Å²) in [6, 6.07) is 3.21. The van der Waals surface area contributed by atoms with Crippen molar-refractivity contribution in [2.45, 2.75) is 12.8 Å². The summed E-state index contributed by atoms with van der Waals surface area (Å²) in [5, 5.41) is 18.6. The Hall–Kier alpha value is -2.51.